The molecule has 0 amide bonds. The second-order valence-corrected chi connectivity index (χ2v) is 40.5. The van der Waals surface area contributed by atoms with Gasteiger partial charge in [0.15, 0.2) is 91.4 Å². The highest BCUT2D eigenvalue weighted by atomic mass is 32.1. The number of hydrogen-bond donors (Lipinski definition) is 3. The number of ether oxygens (including phenoxy) is 20. The Morgan fingerprint density at radius 1 is 0.318 bits per heavy atom. The normalized spacial score (nSPS) is 16.6. The molecular formula is C98H160N12O35S3. The first kappa shape index (κ1) is 130. The Hall–Kier alpha value is -10.2. The molecule has 50 heteroatoms. The fraction of sp³-hybridized carbons (Fsp3) is 0.786. The van der Waals surface area contributed by atoms with Crippen LogP contribution in [0.15, 0.2) is 0 Å². The smallest absolute Gasteiger partial charge is 0.347 e. The Bertz CT molecular complexity index is 4530. The number of ketones is 2. The lowest BCUT2D eigenvalue weighted by Gasteiger charge is -2.28. The van der Waals surface area contributed by atoms with E-state index in [1.807, 2.05) is 77.0 Å². The molecule has 47 nitrogen and oxygen atoms in total. The molecule has 16 unspecified atom stereocenters. The molecule has 3 aliphatic heterocycles. The highest BCUT2D eigenvalue weighted by Crippen LogP contribution is 2.31. The van der Waals surface area contributed by atoms with Crippen LogP contribution < -0.4 is 44.9 Å². The average molecular weight is 2160 g/mol. The summed E-state index contributed by atoms with van der Waals surface area (Å²) in [4.78, 5) is 190. The van der Waals surface area contributed by atoms with Crippen molar-refractivity contribution in [3.8, 4) is 17.6 Å². The SMILES string of the molecule is CC(=O)C(=O)C(C)OC(=O)C(C)OC(=O)C(C)OC(=O)C(C)OC(CNC(C)(C)C)COc1nsnc1N1CCOCC1.CC(C=O)OC(=O)C(C)OC(=O)C(C)OC(=O)C(C)OC(CNC(C)(C)C)COc1nsnc1N1CCOCC1.CCCCCCCCCCCCCCCCCC(=O)OC(C)C(=O)OC(C)C(=O)OC(C)C(=O)OC(C)C(=O)OC(C)C(=O)OC(CNC(C)(C)C)COc1nsnc1N1CCOCC1. The van der Waals surface area contributed by atoms with Crippen LogP contribution in [0.2, 0.25) is 0 Å². The number of Topliss-reactive ketones (excluding diaryl/α,β-unsaturated/α-hetero) is 2. The summed E-state index contributed by atoms with van der Waals surface area (Å²) in [6.45, 7) is 46.3. The first-order chi connectivity index (χ1) is 69.8. The van der Waals surface area contributed by atoms with E-state index in [0.29, 0.717) is 140 Å². The molecule has 6 heterocycles. The predicted octanol–water partition coefficient (Wildman–Crippen LogP) is 8.75. The van der Waals surface area contributed by atoms with Crippen LogP contribution in [0.4, 0.5) is 17.5 Å². The van der Waals surface area contributed by atoms with Crippen molar-refractivity contribution < 1.29 is 167 Å². The van der Waals surface area contributed by atoms with Crippen LogP contribution in [0.1, 0.15) is 269 Å². The summed E-state index contributed by atoms with van der Waals surface area (Å²) < 4.78 is 133. The maximum atomic E-state index is 13.1. The Morgan fingerprint density at radius 2 is 0.554 bits per heavy atom. The summed E-state index contributed by atoms with van der Waals surface area (Å²) in [6.07, 6.45) is -0.368. The van der Waals surface area contributed by atoms with Crippen LogP contribution in [0.3, 0.4) is 0 Å². The number of esters is 12. The molecule has 148 heavy (non-hydrogen) atoms. The standard InChI is InChI=1S/C46H78N4O14S.C27H42N4O11S.C25H40N4O10S/c1-10-11-12-13-14-15-16-17-18-19-20-21-22-23-24-25-38(51)59-32(2)41(52)60-33(3)42(53)61-34(4)43(54)62-35(5)44(55)63-36(6)45(56)64-37(30-47-46(7,8)9)31-58-40-39(48-65-49-40)50-26-28-57-29-27-50;1-15(32)21(33)16(2)40-25(35)18(4)42-26(36)19(5)41-24(34)17(3)39-20(13-28-27(6,7)8)14-38-23-22(29-43-30-23)31-9-11-37-12-10-31;1-15(13-30)36-22(31)17(3)38-24(33)18(4)39-23(32)16(2)37-19(12-26-25(5,6)7)14-35-21-20(27-40-28-21)29-8-10-34-11-9-29/h32-37,47H,10-31H2,1-9H3;16-20,28H,9-14H2,1-8H3;13,15-19,26H,8-12,14H2,1-7H3. The van der Waals surface area contributed by atoms with Gasteiger partial charge in [0, 0.05) is 88.9 Å². The lowest BCUT2D eigenvalue weighted by atomic mass is 10.0. The minimum atomic E-state index is -1.51. The molecule has 0 aromatic carbocycles. The molecule has 3 aromatic heterocycles. The summed E-state index contributed by atoms with van der Waals surface area (Å²) in [7, 11) is 0. The zero-order chi connectivity index (χ0) is 110. The van der Waals surface area contributed by atoms with Gasteiger partial charge in [-0.25, -0.2) is 52.7 Å². The summed E-state index contributed by atoms with van der Waals surface area (Å²) in [5, 5.41) is 9.91. The van der Waals surface area contributed by atoms with Gasteiger partial charge in [-0.2, -0.15) is 13.1 Å². The minimum Gasteiger partial charge on any atom is -0.472 e. The monoisotopic (exact) mass is 2160 g/mol. The lowest BCUT2D eigenvalue weighted by Crippen LogP contribution is -2.45. The van der Waals surface area contributed by atoms with Gasteiger partial charge in [0.1, 0.15) is 38.1 Å². The zero-order valence-electron chi connectivity index (χ0n) is 90.4. The van der Waals surface area contributed by atoms with Crippen molar-refractivity contribution in [2.24, 2.45) is 0 Å². The zero-order valence-corrected chi connectivity index (χ0v) is 92.8. The van der Waals surface area contributed by atoms with E-state index >= 15 is 0 Å². The van der Waals surface area contributed by atoms with Crippen LogP contribution >= 0.6 is 35.2 Å². The summed E-state index contributed by atoms with van der Waals surface area (Å²) in [6, 6.07) is 0. The van der Waals surface area contributed by atoms with Gasteiger partial charge in [-0.15, -0.1) is 13.1 Å². The highest BCUT2D eigenvalue weighted by molar-refractivity contribution is 7.00. The largest absolute Gasteiger partial charge is 0.472 e. The molecule has 0 spiro atoms. The van der Waals surface area contributed by atoms with Crippen molar-refractivity contribution in [3.05, 3.63) is 0 Å². The number of anilines is 3. The Kier molecular flexibility index (Phi) is 60.3. The highest BCUT2D eigenvalue weighted by Gasteiger charge is 2.38. The minimum absolute atomic E-state index is 0.0469. The summed E-state index contributed by atoms with van der Waals surface area (Å²) >= 11 is 3.07. The third kappa shape index (κ3) is 53.0. The molecule has 6 rings (SSSR count). The Balaban J connectivity index is 0.000000481. The van der Waals surface area contributed by atoms with E-state index < -0.39 is 181 Å². The molecule has 16 atom stereocenters. The number of nitrogens with zero attached hydrogens (tertiary/aromatic N) is 9. The summed E-state index contributed by atoms with van der Waals surface area (Å²) in [5.41, 5.74) is -0.803. The van der Waals surface area contributed by atoms with Gasteiger partial charge in [-0.05, 0) is 159 Å². The van der Waals surface area contributed by atoms with Crippen molar-refractivity contribution in [2.45, 2.75) is 383 Å². The Labute approximate surface area is 880 Å². The molecule has 3 N–H and O–H groups in total. The van der Waals surface area contributed by atoms with Crippen molar-refractivity contribution in [1.82, 2.24) is 42.2 Å². The van der Waals surface area contributed by atoms with Crippen LogP contribution in [0.25, 0.3) is 0 Å². The van der Waals surface area contributed by atoms with E-state index in [2.05, 4.69) is 49.1 Å². The number of unbranched alkanes of at least 4 members (excludes halogenated alkanes) is 14. The molecule has 0 radical (unpaired) electrons. The molecule has 0 aliphatic carbocycles. The van der Waals surface area contributed by atoms with E-state index in [1.54, 1.807) is 0 Å². The first-order valence-electron chi connectivity index (χ1n) is 50.7. The van der Waals surface area contributed by atoms with Gasteiger partial charge < -0.3 is 125 Å². The van der Waals surface area contributed by atoms with Crippen molar-refractivity contribution in [2.75, 3.05) is 133 Å². The second-order valence-electron chi connectivity index (χ2n) is 38.9. The van der Waals surface area contributed by atoms with Gasteiger partial charge in [0.05, 0.1) is 74.8 Å². The fourth-order valence-electron chi connectivity index (χ4n) is 13.3. The maximum Gasteiger partial charge on any atom is 0.347 e. The number of morpholine rings is 3. The van der Waals surface area contributed by atoms with E-state index in [1.165, 1.54) is 161 Å². The molecule has 3 aromatic rings. The number of hydrogen-bond acceptors (Lipinski definition) is 50. The molecule has 3 saturated heterocycles. The van der Waals surface area contributed by atoms with E-state index in [4.69, 9.17) is 94.7 Å². The Morgan fingerprint density at radius 3 is 0.824 bits per heavy atom. The average Bonchev–Trinajstić information content (AvgIpc) is 1.71. The number of rotatable bonds is 64. The van der Waals surface area contributed by atoms with E-state index in [9.17, 15) is 71.9 Å². The maximum absolute atomic E-state index is 13.1. The number of carbonyl (C=O) groups is 15. The number of nitrogens with one attached hydrogen (secondary N) is 3. The van der Waals surface area contributed by atoms with Crippen molar-refractivity contribution >= 4 is 142 Å². The van der Waals surface area contributed by atoms with Crippen LogP contribution in [0.5, 0.6) is 17.6 Å². The molecule has 3 aliphatic rings. The summed E-state index contributed by atoms with van der Waals surface area (Å²) in [5.74, 6) is -9.98. The lowest BCUT2D eigenvalue weighted by molar-refractivity contribution is -0.187. The van der Waals surface area contributed by atoms with Crippen molar-refractivity contribution in [3.63, 3.8) is 0 Å². The second kappa shape index (κ2) is 68.6. The number of carbonyl (C=O) groups excluding carboxylic acids is 15. The van der Waals surface area contributed by atoms with Gasteiger partial charge >= 0.3 is 71.6 Å². The van der Waals surface area contributed by atoms with Gasteiger partial charge in [0.25, 0.3) is 17.6 Å². The topological polar surface area (TPSA) is 564 Å². The van der Waals surface area contributed by atoms with E-state index in [-0.39, 0.29) is 49.4 Å². The molecule has 3 fully saturated rings. The molecule has 0 bridgehead atoms. The van der Waals surface area contributed by atoms with Crippen LogP contribution in [0, 0.1) is 0 Å². The predicted molar refractivity (Wildman–Crippen MR) is 540 cm³/mol. The molecular weight excluding hydrogens is 2000 g/mol. The van der Waals surface area contributed by atoms with Crippen molar-refractivity contribution in [1.29, 1.82) is 0 Å². The number of aldehydes is 1. The van der Waals surface area contributed by atoms with Gasteiger partial charge in [0.2, 0.25) is 23.2 Å². The molecule has 840 valence electrons. The third-order valence-electron chi connectivity index (χ3n) is 21.9. The molecule has 0 saturated carbocycles. The fourth-order valence-corrected chi connectivity index (χ4v) is 14.8. The van der Waals surface area contributed by atoms with Gasteiger partial charge in [-0.3, -0.25) is 19.2 Å². The van der Waals surface area contributed by atoms with E-state index in [0.717, 1.165) is 61.4 Å². The van der Waals surface area contributed by atoms with Crippen LogP contribution in [-0.2, 0) is 152 Å². The first-order valence-corrected chi connectivity index (χ1v) is 52.8. The quantitative estimate of drug-likeness (QED) is 0.0156. The third-order valence-corrected chi connectivity index (χ3v) is 23.4. The van der Waals surface area contributed by atoms with Crippen LogP contribution in [-0.4, -0.2) is 348 Å². The number of aromatic nitrogens is 6. The van der Waals surface area contributed by atoms with Gasteiger partial charge in [-0.1, -0.05) is 96.8 Å².